The number of benzene rings is 1. The number of aliphatic hydroxyl groups excluding tert-OH is 1. The van der Waals surface area contributed by atoms with Crippen LogP contribution < -0.4 is 10.2 Å². The van der Waals surface area contributed by atoms with Crippen LogP contribution in [0.3, 0.4) is 0 Å². The predicted octanol–water partition coefficient (Wildman–Crippen LogP) is 2.79. The number of fused-ring (bicyclic) bond motifs is 1. The van der Waals surface area contributed by atoms with E-state index in [9.17, 15) is 9.90 Å². The van der Waals surface area contributed by atoms with E-state index in [4.69, 9.17) is 11.6 Å². The van der Waals surface area contributed by atoms with Gasteiger partial charge in [-0.25, -0.2) is 9.97 Å². The summed E-state index contributed by atoms with van der Waals surface area (Å²) in [5, 5.41) is 14.4. The van der Waals surface area contributed by atoms with Crippen molar-refractivity contribution in [3.63, 3.8) is 0 Å². The molecule has 3 aliphatic rings. The molecule has 2 fully saturated rings. The molecule has 8 nitrogen and oxygen atoms in total. The number of piperazine rings is 1. The first kappa shape index (κ1) is 25.4. The lowest BCUT2D eigenvalue weighted by molar-refractivity contribution is -0.133. The van der Waals surface area contributed by atoms with E-state index < -0.39 is 6.10 Å². The van der Waals surface area contributed by atoms with Gasteiger partial charge in [-0.3, -0.25) is 4.79 Å². The van der Waals surface area contributed by atoms with Crippen LogP contribution in [-0.4, -0.2) is 89.7 Å². The maximum Gasteiger partial charge on any atom is 0.231 e. The number of nitrogens with zero attached hydrogens (tertiary/aromatic N) is 5. The zero-order valence-corrected chi connectivity index (χ0v) is 22.0. The maximum absolute atomic E-state index is 13.9. The van der Waals surface area contributed by atoms with Gasteiger partial charge in [0.1, 0.15) is 12.1 Å². The smallest absolute Gasteiger partial charge is 0.231 e. The molecule has 0 saturated carbocycles. The van der Waals surface area contributed by atoms with Crippen molar-refractivity contribution in [2.45, 2.75) is 50.2 Å². The summed E-state index contributed by atoms with van der Waals surface area (Å²) in [6.07, 6.45) is 3.94. The highest BCUT2D eigenvalue weighted by molar-refractivity contribution is 6.30. The van der Waals surface area contributed by atoms with Gasteiger partial charge in [-0.15, -0.1) is 0 Å². The first-order valence-electron chi connectivity index (χ1n) is 13.2. The maximum atomic E-state index is 13.9. The summed E-state index contributed by atoms with van der Waals surface area (Å²) in [4.78, 5) is 29.5. The predicted molar refractivity (Wildman–Crippen MR) is 142 cm³/mol. The van der Waals surface area contributed by atoms with Gasteiger partial charge >= 0.3 is 0 Å². The molecule has 1 aromatic heterocycles. The molecule has 2 saturated heterocycles. The summed E-state index contributed by atoms with van der Waals surface area (Å²) in [7, 11) is 2.03. The van der Waals surface area contributed by atoms with E-state index >= 15 is 0 Å². The third-order valence-electron chi connectivity index (χ3n) is 8.18. The van der Waals surface area contributed by atoms with Crippen molar-refractivity contribution in [3.8, 4) is 0 Å². The number of aliphatic hydroxyl groups is 1. The molecule has 9 heteroatoms. The zero-order chi connectivity index (χ0) is 25.2. The standard InChI is InChI=1S/C27H37ClN6O2/c1-18-15-23(35)25-24(18)26(31-17-30-25)33-11-13-34(14-12-33)27(36)22(19-3-5-20(28)6-4-19)16-32-9-7-21(29-2)8-10-32/h3-6,17-18,21-23,29,35H,7-16H2,1-2H3/t18-,22?,23-/m1/s1. The van der Waals surface area contributed by atoms with E-state index in [0.717, 1.165) is 68.2 Å². The third kappa shape index (κ3) is 5.23. The van der Waals surface area contributed by atoms with Crippen LogP contribution in [0.1, 0.15) is 60.9 Å². The van der Waals surface area contributed by atoms with Crippen molar-refractivity contribution in [2.24, 2.45) is 0 Å². The van der Waals surface area contributed by atoms with Gasteiger partial charge in [0, 0.05) is 49.4 Å². The van der Waals surface area contributed by atoms with Crippen molar-refractivity contribution < 1.29 is 9.90 Å². The van der Waals surface area contributed by atoms with E-state index in [1.165, 1.54) is 0 Å². The second kappa shape index (κ2) is 11.0. The second-order valence-electron chi connectivity index (χ2n) is 10.4. The number of aromatic nitrogens is 2. The van der Waals surface area contributed by atoms with Gasteiger partial charge in [-0.05, 0) is 63.0 Å². The molecule has 1 amide bonds. The minimum Gasteiger partial charge on any atom is -0.387 e. The first-order chi connectivity index (χ1) is 17.4. The van der Waals surface area contributed by atoms with E-state index in [2.05, 4.69) is 32.0 Å². The van der Waals surface area contributed by atoms with Crippen molar-refractivity contribution in [1.29, 1.82) is 0 Å². The molecule has 1 unspecified atom stereocenters. The van der Waals surface area contributed by atoms with Crippen molar-refractivity contribution in [2.75, 3.05) is 57.8 Å². The number of amides is 1. The van der Waals surface area contributed by atoms with Crippen LogP contribution in [0.4, 0.5) is 5.82 Å². The third-order valence-corrected chi connectivity index (χ3v) is 8.43. The fraction of sp³-hybridized carbons (Fsp3) is 0.593. The Morgan fingerprint density at radius 3 is 2.47 bits per heavy atom. The summed E-state index contributed by atoms with van der Waals surface area (Å²) in [6, 6.07) is 8.32. The Morgan fingerprint density at radius 2 is 1.81 bits per heavy atom. The Kier molecular flexibility index (Phi) is 7.76. The summed E-state index contributed by atoms with van der Waals surface area (Å²) in [6.45, 7) is 7.60. The molecule has 2 aliphatic heterocycles. The zero-order valence-electron chi connectivity index (χ0n) is 21.2. The monoisotopic (exact) mass is 512 g/mol. The number of carbonyl (C=O) groups excluding carboxylic acids is 1. The fourth-order valence-electron chi connectivity index (χ4n) is 6.00. The molecule has 1 aliphatic carbocycles. The number of nitrogens with one attached hydrogen (secondary N) is 1. The minimum atomic E-state index is -0.516. The Morgan fingerprint density at radius 1 is 1.11 bits per heavy atom. The van der Waals surface area contributed by atoms with E-state index in [1.807, 2.05) is 36.2 Å². The van der Waals surface area contributed by atoms with Gasteiger partial charge in [0.2, 0.25) is 5.91 Å². The quantitative estimate of drug-likeness (QED) is 0.615. The average molecular weight is 513 g/mol. The number of rotatable bonds is 6. The molecule has 0 radical (unpaired) electrons. The van der Waals surface area contributed by atoms with E-state index in [-0.39, 0.29) is 17.7 Å². The number of carbonyl (C=O) groups is 1. The Labute approximate surface area is 218 Å². The summed E-state index contributed by atoms with van der Waals surface area (Å²) in [5.74, 6) is 1.12. The SMILES string of the molecule is CNC1CCN(CC(C(=O)N2CCN(c3ncnc4c3[C@H](C)C[C@H]4O)CC2)c2ccc(Cl)cc2)CC1. The Bertz CT molecular complexity index is 1050. The lowest BCUT2D eigenvalue weighted by Crippen LogP contribution is -2.52. The van der Waals surface area contributed by atoms with Crippen LogP contribution >= 0.6 is 11.6 Å². The topological polar surface area (TPSA) is 84.8 Å². The highest BCUT2D eigenvalue weighted by Gasteiger charge is 2.35. The van der Waals surface area contributed by atoms with Crippen LogP contribution in [0.2, 0.25) is 5.02 Å². The molecular weight excluding hydrogens is 476 g/mol. The van der Waals surface area contributed by atoms with E-state index in [1.54, 1.807) is 6.33 Å². The highest BCUT2D eigenvalue weighted by Crippen LogP contribution is 2.42. The van der Waals surface area contributed by atoms with Gasteiger partial charge < -0.3 is 25.1 Å². The van der Waals surface area contributed by atoms with Crippen molar-refractivity contribution in [3.05, 3.63) is 52.4 Å². The molecule has 3 heterocycles. The highest BCUT2D eigenvalue weighted by atomic mass is 35.5. The molecule has 5 rings (SSSR count). The fourth-order valence-corrected chi connectivity index (χ4v) is 6.12. The summed E-state index contributed by atoms with van der Waals surface area (Å²) >= 11 is 6.16. The largest absolute Gasteiger partial charge is 0.387 e. The van der Waals surface area contributed by atoms with Crippen LogP contribution in [0.25, 0.3) is 0 Å². The summed E-state index contributed by atoms with van der Waals surface area (Å²) in [5.41, 5.74) is 2.85. The molecule has 0 bridgehead atoms. The number of hydrogen-bond acceptors (Lipinski definition) is 7. The van der Waals surface area contributed by atoms with Crippen LogP contribution in [-0.2, 0) is 4.79 Å². The molecule has 1 aromatic carbocycles. The molecule has 3 atom stereocenters. The number of likely N-dealkylation sites (tertiary alicyclic amines) is 1. The second-order valence-corrected chi connectivity index (χ2v) is 10.9. The molecule has 194 valence electrons. The minimum absolute atomic E-state index is 0.185. The molecular formula is C27H37ClN6O2. The van der Waals surface area contributed by atoms with Crippen LogP contribution in [0, 0.1) is 0 Å². The number of hydrogen-bond donors (Lipinski definition) is 2. The van der Waals surface area contributed by atoms with Gasteiger partial charge in [0.05, 0.1) is 17.7 Å². The van der Waals surface area contributed by atoms with Crippen LogP contribution in [0.15, 0.2) is 30.6 Å². The van der Waals surface area contributed by atoms with Gasteiger partial charge in [0.25, 0.3) is 0 Å². The molecule has 2 aromatic rings. The molecule has 2 N–H and O–H groups in total. The number of halogens is 1. The molecule has 0 spiro atoms. The van der Waals surface area contributed by atoms with E-state index in [0.29, 0.717) is 30.6 Å². The first-order valence-corrected chi connectivity index (χ1v) is 13.5. The van der Waals surface area contributed by atoms with Crippen molar-refractivity contribution >= 4 is 23.3 Å². The lowest BCUT2D eigenvalue weighted by atomic mass is 9.95. The summed E-state index contributed by atoms with van der Waals surface area (Å²) < 4.78 is 0. The number of piperidine rings is 1. The Balaban J connectivity index is 1.28. The number of anilines is 1. The Hall–Kier alpha value is -2.26. The average Bonchev–Trinajstić information content (AvgIpc) is 3.21. The van der Waals surface area contributed by atoms with Crippen molar-refractivity contribution in [1.82, 2.24) is 25.1 Å². The van der Waals surface area contributed by atoms with Gasteiger partial charge in [-0.1, -0.05) is 30.7 Å². The lowest BCUT2D eigenvalue weighted by Gasteiger charge is -2.39. The van der Waals surface area contributed by atoms with Crippen LogP contribution in [0.5, 0.6) is 0 Å². The van der Waals surface area contributed by atoms with Gasteiger partial charge in [-0.2, -0.15) is 0 Å². The van der Waals surface area contributed by atoms with Gasteiger partial charge in [0.15, 0.2) is 0 Å². The molecule has 36 heavy (non-hydrogen) atoms. The normalized spacial score (nSPS) is 24.1.